The second-order valence-corrected chi connectivity index (χ2v) is 6.31. The van der Waals surface area contributed by atoms with E-state index in [9.17, 15) is 22.8 Å². The number of rotatable bonds is 3. The van der Waals surface area contributed by atoms with Crippen LogP contribution in [0.15, 0.2) is 33.7 Å². The van der Waals surface area contributed by atoms with Gasteiger partial charge in [0.25, 0.3) is 5.56 Å². The molecule has 6 nitrogen and oxygen atoms in total. The van der Waals surface area contributed by atoms with Crippen LogP contribution in [0, 0.1) is 6.92 Å². The molecule has 9 heteroatoms. The summed E-state index contributed by atoms with van der Waals surface area (Å²) in [7, 11) is 0. The molecule has 1 atom stereocenters. The molecule has 1 unspecified atom stereocenters. The summed E-state index contributed by atoms with van der Waals surface area (Å²) in [6, 6.07) is 3.28. The third-order valence-electron chi connectivity index (χ3n) is 4.44. The minimum atomic E-state index is -4.75. The van der Waals surface area contributed by atoms with E-state index in [4.69, 9.17) is 4.52 Å². The first-order valence-corrected chi connectivity index (χ1v) is 8.26. The summed E-state index contributed by atoms with van der Waals surface area (Å²) < 4.78 is 44.5. The van der Waals surface area contributed by atoms with Crippen molar-refractivity contribution < 1.29 is 22.5 Å². The van der Waals surface area contributed by atoms with Crippen LogP contribution in [0.5, 0.6) is 0 Å². The van der Waals surface area contributed by atoms with Crippen LogP contribution in [0.3, 0.4) is 0 Å². The number of hydrogen-bond acceptors (Lipinski definition) is 4. The molecule has 0 saturated carbocycles. The molecule has 1 aliphatic rings. The van der Waals surface area contributed by atoms with Gasteiger partial charge in [-0.1, -0.05) is 5.16 Å². The molecule has 3 heterocycles. The SMILES string of the molecule is Cc1cc(C2CCCCN2C(=O)Cn2cccc(C(F)(F)F)c2=O)no1. The van der Waals surface area contributed by atoms with E-state index in [-0.39, 0.29) is 6.04 Å². The minimum Gasteiger partial charge on any atom is -0.361 e. The Morgan fingerprint density at radius 1 is 1.38 bits per heavy atom. The van der Waals surface area contributed by atoms with Crippen LogP contribution in [0.2, 0.25) is 0 Å². The number of nitrogens with zero attached hydrogens (tertiary/aromatic N) is 3. The molecule has 1 amide bonds. The van der Waals surface area contributed by atoms with Crippen molar-refractivity contribution in [2.75, 3.05) is 6.54 Å². The molecule has 140 valence electrons. The van der Waals surface area contributed by atoms with Gasteiger partial charge in [-0.3, -0.25) is 9.59 Å². The van der Waals surface area contributed by atoms with Crippen molar-refractivity contribution in [3.63, 3.8) is 0 Å². The van der Waals surface area contributed by atoms with Crippen molar-refractivity contribution in [3.05, 3.63) is 51.8 Å². The maximum Gasteiger partial charge on any atom is 0.421 e. The molecular formula is C17H18F3N3O3. The third-order valence-corrected chi connectivity index (χ3v) is 4.44. The Labute approximate surface area is 147 Å². The average molecular weight is 369 g/mol. The molecule has 26 heavy (non-hydrogen) atoms. The second-order valence-electron chi connectivity index (χ2n) is 6.31. The van der Waals surface area contributed by atoms with Crippen molar-refractivity contribution in [2.45, 2.75) is 44.9 Å². The van der Waals surface area contributed by atoms with E-state index in [1.807, 2.05) is 0 Å². The third kappa shape index (κ3) is 3.66. The lowest BCUT2D eigenvalue weighted by Gasteiger charge is -2.34. The molecule has 1 aliphatic heterocycles. The van der Waals surface area contributed by atoms with Crippen LogP contribution in [0.4, 0.5) is 13.2 Å². The van der Waals surface area contributed by atoms with Gasteiger partial charge in [0, 0.05) is 18.8 Å². The topological polar surface area (TPSA) is 68.3 Å². The number of piperidine rings is 1. The molecule has 0 radical (unpaired) electrons. The van der Waals surface area contributed by atoms with Gasteiger partial charge in [0.2, 0.25) is 5.91 Å². The van der Waals surface area contributed by atoms with Gasteiger partial charge in [-0.2, -0.15) is 13.2 Å². The highest BCUT2D eigenvalue weighted by Crippen LogP contribution is 2.31. The van der Waals surface area contributed by atoms with Crippen LogP contribution < -0.4 is 5.56 Å². The van der Waals surface area contributed by atoms with E-state index >= 15 is 0 Å². The maximum atomic E-state index is 12.9. The second kappa shape index (κ2) is 6.97. The zero-order valence-corrected chi connectivity index (χ0v) is 14.1. The number of amides is 1. The van der Waals surface area contributed by atoms with Gasteiger partial charge in [-0.15, -0.1) is 0 Å². The number of alkyl halides is 3. The van der Waals surface area contributed by atoms with Crippen molar-refractivity contribution in [1.82, 2.24) is 14.6 Å². The van der Waals surface area contributed by atoms with Crippen LogP contribution >= 0.6 is 0 Å². The molecule has 1 fully saturated rings. The van der Waals surface area contributed by atoms with E-state index < -0.39 is 29.8 Å². The first-order valence-electron chi connectivity index (χ1n) is 8.26. The number of likely N-dealkylation sites (tertiary alicyclic amines) is 1. The number of hydrogen-bond donors (Lipinski definition) is 0. The van der Waals surface area contributed by atoms with Gasteiger partial charge >= 0.3 is 6.18 Å². The van der Waals surface area contributed by atoms with Crippen LogP contribution in [-0.2, 0) is 17.5 Å². The summed E-state index contributed by atoms with van der Waals surface area (Å²) in [6.45, 7) is 1.76. The predicted molar refractivity (Wildman–Crippen MR) is 85.2 cm³/mol. The number of carbonyl (C=O) groups excluding carboxylic acids is 1. The average Bonchev–Trinajstić information content (AvgIpc) is 3.02. The lowest BCUT2D eigenvalue weighted by Crippen LogP contribution is -2.42. The van der Waals surface area contributed by atoms with Crippen molar-refractivity contribution in [1.29, 1.82) is 0 Å². The highest BCUT2D eigenvalue weighted by molar-refractivity contribution is 5.76. The Kier molecular flexibility index (Phi) is 4.88. The number of pyridine rings is 1. The Morgan fingerprint density at radius 2 is 2.15 bits per heavy atom. The normalized spacial score (nSPS) is 18.2. The Hall–Kier alpha value is -2.58. The van der Waals surface area contributed by atoms with E-state index in [1.54, 1.807) is 17.9 Å². The molecule has 2 aromatic heterocycles. The highest BCUT2D eigenvalue weighted by Gasteiger charge is 2.35. The highest BCUT2D eigenvalue weighted by atomic mass is 19.4. The fourth-order valence-corrected chi connectivity index (χ4v) is 3.19. The van der Waals surface area contributed by atoms with Gasteiger partial charge < -0.3 is 14.0 Å². The summed E-state index contributed by atoms with van der Waals surface area (Å²) in [5.41, 5.74) is -1.89. The summed E-state index contributed by atoms with van der Waals surface area (Å²) in [5, 5.41) is 3.96. The molecule has 3 rings (SSSR count). The summed E-state index contributed by atoms with van der Waals surface area (Å²) in [4.78, 5) is 26.3. The van der Waals surface area contributed by atoms with Crippen molar-refractivity contribution in [2.24, 2.45) is 0 Å². The van der Waals surface area contributed by atoms with Crippen molar-refractivity contribution in [3.8, 4) is 0 Å². The van der Waals surface area contributed by atoms with Gasteiger partial charge in [-0.25, -0.2) is 0 Å². The Bertz CT molecular complexity index is 857. The number of carbonyl (C=O) groups is 1. The Balaban J connectivity index is 1.84. The van der Waals surface area contributed by atoms with Crippen molar-refractivity contribution >= 4 is 5.91 Å². The molecular weight excluding hydrogens is 351 g/mol. The minimum absolute atomic E-state index is 0.296. The predicted octanol–water partition coefficient (Wildman–Crippen LogP) is 2.92. The van der Waals surface area contributed by atoms with Gasteiger partial charge in [-0.05, 0) is 38.3 Å². The smallest absolute Gasteiger partial charge is 0.361 e. The molecule has 2 aromatic rings. The first-order chi connectivity index (χ1) is 12.3. The summed E-state index contributed by atoms with van der Waals surface area (Å²) in [6.07, 6.45) is -1.18. The number of aryl methyl sites for hydroxylation is 1. The van der Waals surface area contributed by atoms with E-state index in [1.165, 1.54) is 6.20 Å². The summed E-state index contributed by atoms with van der Waals surface area (Å²) >= 11 is 0. The fraction of sp³-hybridized carbons (Fsp3) is 0.471. The van der Waals surface area contributed by atoms with E-state index in [0.29, 0.717) is 30.5 Å². The number of halogens is 3. The van der Waals surface area contributed by atoms with Gasteiger partial charge in [0.15, 0.2) is 0 Å². The lowest BCUT2D eigenvalue weighted by molar-refractivity contribution is -0.140. The molecule has 0 spiro atoms. The molecule has 0 bridgehead atoms. The Morgan fingerprint density at radius 3 is 2.81 bits per heavy atom. The molecule has 0 aromatic carbocycles. The largest absolute Gasteiger partial charge is 0.421 e. The quantitative estimate of drug-likeness (QED) is 0.834. The van der Waals surface area contributed by atoms with Gasteiger partial charge in [0.05, 0.1) is 6.04 Å². The molecule has 0 N–H and O–H groups in total. The summed E-state index contributed by atoms with van der Waals surface area (Å²) in [5.74, 6) is 0.198. The van der Waals surface area contributed by atoms with Gasteiger partial charge in [0.1, 0.15) is 23.6 Å². The maximum absolute atomic E-state index is 12.9. The first kappa shape index (κ1) is 18.2. The van der Waals surface area contributed by atoms with E-state index in [2.05, 4.69) is 5.16 Å². The zero-order chi connectivity index (χ0) is 18.9. The lowest BCUT2D eigenvalue weighted by atomic mass is 9.99. The zero-order valence-electron chi connectivity index (χ0n) is 14.1. The molecule has 0 aliphatic carbocycles. The standard InChI is InChI=1S/C17H18F3N3O3/c1-11-9-13(21-26-11)14-6-2-3-8-23(14)15(24)10-22-7-4-5-12(16(22)25)17(18,19)20/h4-5,7,9,14H,2-3,6,8,10H2,1H3. The molecule has 1 saturated heterocycles. The van der Waals surface area contributed by atoms with Crippen LogP contribution in [0.25, 0.3) is 0 Å². The van der Waals surface area contributed by atoms with Crippen LogP contribution in [0.1, 0.15) is 42.3 Å². The monoisotopic (exact) mass is 369 g/mol. The van der Waals surface area contributed by atoms with E-state index in [0.717, 1.165) is 23.5 Å². The van der Waals surface area contributed by atoms with Crippen LogP contribution in [-0.4, -0.2) is 27.1 Å². The fourth-order valence-electron chi connectivity index (χ4n) is 3.19. The number of aromatic nitrogens is 2.